The van der Waals surface area contributed by atoms with Crippen LogP contribution in [0.4, 0.5) is 4.39 Å². The average molecular weight is 252 g/mol. The third-order valence-corrected chi connectivity index (χ3v) is 2.55. The molecule has 0 saturated carbocycles. The van der Waals surface area contributed by atoms with Crippen LogP contribution < -0.4 is 4.74 Å². The van der Waals surface area contributed by atoms with E-state index in [1.165, 1.54) is 18.2 Å². The normalized spacial score (nSPS) is 9.42. The summed E-state index contributed by atoms with van der Waals surface area (Å²) >= 11 is 0. The van der Waals surface area contributed by atoms with Gasteiger partial charge in [-0.3, -0.25) is 0 Å². The number of nitriles is 2. The van der Waals surface area contributed by atoms with Gasteiger partial charge in [0.2, 0.25) is 0 Å². The van der Waals surface area contributed by atoms with Crippen LogP contribution in [0.5, 0.6) is 5.75 Å². The highest BCUT2D eigenvalue weighted by Gasteiger charge is 2.05. The molecule has 0 N–H and O–H groups in total. The van der Waals surface area contributed by atoms with E-state index in [-0.39, 0.29) is 6.61 Å². The number of ether oxygens (including phenoxy) is 1. The van der Waals surface area contributed by atoms with E-state index in [0.717, 1.165) is 0 Å². The van der Waals surface area contributed by atoms with Crippen molar-refractivity contribution in [1.82, 2.24) is 0 Å². The van der Waals surface area contributed by atoms with E-state index in [1.807, 2.05) is 12.1 Å². The van der Waals surface area contributed by atoms with Gasteiger partial charge in [-0.25, -0.2) is 4.39 Å². The zero-order chi connectivity index (χ0) is 13.7. The largest absolute Gasteiger partial charge is 0.489 e. The van der Waals surface area contributed by atoms with E-state index in [1.54, 1.807) is 24.3 Å². The Morgan fingerprint density at radius 2 is 1.89 bits per heavy atom. The van der Waals surface area contributed by atoms with Gasteiger partial charge >= 0.3 is 0 Å². The minimum atomic E-state index is -0.414. The van der Waals surface area contributed by atoms with E-state index in [0.29, 0.717) is 22.4 Å². The summed E-state index contributed by atoms with van der Waals surface area (Å²) in [4.78, 5) is 0. The number of hydrogen-bond donors (Lipinski definition) is 0. The van der Waals surface area contributed by atoms with Crippen LogP contribution in [0, 0.1) is 28.5 Å². The second-order valence-electron chi connectivity index (χ2n) is 3.84. The lowest BCUT2D eigenvalue weighted by molar-refractivity contribution is 0.305. The van der Waals surface area contributed by atoms with Gasteiger partial charge in [-0.15, -0.1) is 0 Å². The van der Waals surface area contributed by atoms with Crippen LogP contribution in [-0.4, -0.2) is 0 Å². The minimum absolute atomic E-state index is 0.0789. The minimum Gasteiger partial charge on any atom is -0.489 e. The van der Waals surface area contributed by atoms with E-state index < -0.39 is 5.82 Å². The monoisotopic (exact) mass is 252 g/mol. The molecule has 3 nitrogen and oxygen atoms in total. The maximum Gasteiger partial charge on any atom is 0.123 e. The first-order valence-corrected chi connectivity index (χ1v) is 5.54. The molecular formula is C15H9FN2O. The molecule has 0 aromatic heterocycles. The molecule has 0 bridgehead atoms. The molecular weight excluding hydrogens is 243 g/mol. The third kappa shape index (κ3) is 3.08. The van der Waals surface area contributed by atoms with Gasteiger partial charge in [0.05, 0.1) is 23.3 Å². The highest BCUT2D eigenvalue weighted by molar-refractivity contribution is 5.39. The molecule has 2 aromatic carbocycles. The Balaban J connectivity index is 2.17. The van der Waals surface area contributed by atoms with Crippen molar-refractivity contribution in [3.8, 4) is 17.9 Å². The van der Waals surface area contributed by atoms with Gasteiger partial charge in [-0.05, 0) is 36.4 Å². The molecule has 2 aromatic rings. The topological polar surface area (TPSA) is 56.8 Å². The number of hydrogen-bond acceptors (Lipinski definition) is 3. The Hall–Kier alpha value is -2.85. The fourth-order valence-corrected chi connectivity index (χ4v) is 1.61. The van der Waals surface area contributed by atoms with Crippen molar-refractivity contribution in [3.63, 3.8) is 0 Å². The van der Waals surface area contributed by atoms with Crippen molar-refractivity contribution in [3.05, 3.63) is 65.0 Å². The van der Waals surface area contributed by atoms with Gasteiger partial charge in [0.15, 0.2) is 0 Å². The maximum absolute atomic E-state index is 13.1. The highest BCUT2D eigenvalue weighted by Crippen LogP contribution is 2.17. The zero-order valence-corrected chi connectivity index (χ0v) is 9.93. The first-order valence-electron chi connectivity index (χ1n) is 5.54. The van der Waals surface area contributed by atoms with Gasteiger partial charge in [0, 0.05) is 5.56 Å². The highest BCUT2D eigenvalue weighted by atomic mass is 19.1. The number of halogens is 1. The molecule has 0 fully saturated rings. The first-order chi connectivity index (χ1) is 9.22. The summed E-state index contributed by atoms with van der Waals surface area (Å²) in [7, 11) is 0. The summed E-state index contributed by atoms with van der Waals surface area (Å²) in [6.07, 6.45) is 0. The van der Waals surface area contributed by atoms with Crippen LogP contribution in [0.2, 0.25) is 0 Å². The van der Waals surface area contributed by atoms with E-state index in [4.69, 9.17) is 15.3 Å². The van der Waals surface area contributed by atoms with Gasteiger partial charge in [0.1, 0.15) is 18.2 Å². The average Bonchev–Trinajstić information content (AvgIpc) is 2.45. The van der Waals surface area contributed by atoms with Gasteiger partial charge in [0.25, 0.3) is 0 Å². The molecule has 4 heteroatoms. The molecule has 0 radical (unpaired) electrons. The predicted molar refractivity (Wildman–Crippen MR) is 66.6 cm³/mol. The lowest BCUT2D eigenvalue weighted by Crippen LogP contribution is -1.99. The molecule has 0 atom stereocenters. The van der Waals surface area contributed by atoms with Crippen LogP contribution in [0.25, 0.3) is 0 Å². The number of benzene rings is 2. The lowest BCUT2D eigenvalue weighted by atomic mass is 10.1. The van der Waals surface area contributed by atoms with E-state index in [2.05, 4.69) is 0 Å². The van der Waals surface area contributed by atoms with Crippen molar-refractivity contribution in [2.45, 2.75) is 6.61 Å². The fourth-order valence-electron chi connectivity index (χ4n) is 1.61. The Morgan fingerprint density at radius 1 is 1.05 bits per heavy atom. The van der Waals surface area contributed by atoms with Crippen molar-refractivity contribution in [1.29, 1.82) is 10.5 Å². The summed E-state index contributed by atoms with van der Waals surface area (Å²) in [5.74, 6) is 0.0931. The molecule has 0 saturated heterocycles. The molecule has 0 heterocycles. The van der Waals surface area contributed by atoms with E-state index in [9.17, 15) is 4.39 Å². The van der Waals surface area contributed by atoms with E-state index >= 15 is 0 Å². The maximum atomic E-state index is 13.1. The van der Waals surface area contributed by atoms with Gasteiger partial charge in [-0.2, -0.15) is 10.5 Å². The molecule has 0 aliphatic heterocycles. The molecule has 0 aliphatic rings. The summed E-state index contributed by atoms with van der Waals surface area (Å²) in [5.41, 5.74) is 1.33. The van der Waals surface area contributed by atoms with Gasteiger partial charge in [-0.1, -0.05) is 6.07 Å². The van der Waals surface area contributed by atoms with Crippen molar-refractivity contribution in [2.24, 2.45) is 0 Å². The Labute approximate surface area is 110 Å². The SMILES string of the molecule is N#Cc1cccc(OCc2cc(F)ccc2C#N)c1. The predicted octanol–water partition coefficient (Wildman–Crippen LogP) is 3.15. The van der Waals surface area contributed by atoms with Crippen LogP contribution in [0.1, 0.15) is 16.7 Å². The lowest BCUT2D eigenvalue weighted by Gasteiger charge is -2.08. The van der Waals surface area contributed by atoms with Crippen LogP contribution in [-0.2, 0) is 6.61 Å². The van der Waals surface area contributed by atoms with Crippen LogP contribution in [0.3, 0.4) is 0 Å². The quantitative estimate of drug-likeness (QED) is 0.843. The second kappa shape index (κ2) is 5.66. The molecule has 0 unspecified atom stereocenters. The summed E-state index contributed by atoms with van der Waals surface area (Å²) in [5, 5.41) is 17.7. The zero-order valence-electron chi connectivity index (χ0n) is 9.93. The van der Waals surface area contributed by atoms with Crippen molar-refractivity contribution < 1.29 is 9.13 Å². The Kier molecular flexibility index (Phi) is 3.75. The van der Waals surface area contributed by atoms with Crippen molar-refractivity contribution in [2.75, 3.05) is 0 Å². The van der Waals surface area contributed by atoms with Crippen molar-refractivity contribution >= 4 is 0 Å². The molecule has 0 aliphatic carbocycles. The Bertz CT molecular complexity index is 683. The molecule has 2 rings (SSSR count). The summed E-state index contributed by atoms with van der Waals surface area (Å²) < 4.78 is 18.6. The molecule has 0 amide bonds. The molecule has 0 spiro atoms. The second-order valence-corrected chi connectivity index (χ2v) is 3.84. The fraction of sp³-hybridized carbons (Fsp3) is 0.0667. The number of rotatable bonds is 3. The summed E-state index contributed by atoms with van der Waals surface area (Å²) in [6.45, 7) is 0.0789. The first kappa shape index (κ1) is 12.6. The third-order valence-electron chi connectivity index (χ3n) is 2.55. The Morgan fingerprint density at radius 3 is 2.63 bits per heavy atom. The van der Waals surface area contributed by atoms with Crippen LogP contribution >= 0.6 is 0 Å². The number of nitrogens with zero attached hydrogens (tertiary/aromatic N) is 2. The molecule has 92 valence electrons. The molecule has 19 heavy (non-hydrogen) atoms. The van der Waals surface area contributed by atoms with Gasteiger partial charge < -0.3 is 4.74 Å². The standard InChI is InChI=1S/C15H9FN2O/c16-14-5-4-12(9-18)13(7-14)10-19-15-3-1-2-11(6-15)8-17/h1-7H,10H2. The summed E-state index contributed by atoms with van der Waals surface area (Å²) in [6, 6.07) is 14.6. The smallest absolute Gasteiger partial charge is 0.123 e. The van der Waals surface area contributed by atoms with Crippen LogP contribution in [0.15, 0.2) is 42.5 Å².